The van der Waals surface area contributed by atoms with Crippen LogP contribution in [-0.2, 0) is 41.5 Å². The van der Waals surface area contributed by atoms with Gasteiger partial charge in [-0.05, 0) is 63.5 Å². The summed E-state index contributed by atoms with van der Waals surface area (Å²) in [5, 5.41) is 2.93. The van der Waals surface area contributed by atoms with E-state index in [0.29, 0.717) is 25.7 Å². The normalized spacial score (nSPS) is 13.7. The number of amides is 1. The Morgan fingerprint density at radius 2 is 1.40 bits per heavy atom. The number of ether oxygens (including phenoxy) is 2. The summed E-state index contributed by atoms with van der Waals surface area (Å²) >= 11 is 0. The molecule has 0 aliphatic heterocycles. The molecule has 3 atom stereocenters. The van der Waals surface area contributed by atoms with Crippen molar-refractivity contribution in [2.24, 2.45) is 17.8 Å². The van der Waals surface area contributed by atoms with Gasteiger partial charge in [0.1, 0.15) is 5.60 Å². The minimum absolute atomic E-state index is 0.0556. The molecule has 0 radical (unpaired) electrons. The number of nitrogens with one attached hydrogen (secondary N) is 1. The maximum absolute atomic E-state index is 13.6. The predicted octanol–water partition coefficient (Wildman–Crippen LogP) is 5.49. The molecule has 0 bridgehead atoms. The lowest BCUT2D eigenvalue weighted by atomic mass is 9.89. The lowest BCUT2D eigenvalue weighted by Gasteiger charge is -2.25. The number of carbonyl (C=O) groups is 4. The van der Waals surface area contributed by atoms with Crippen molar-refractivity contribution in [3.8, 4) is 0 Å². The van der Waals surface area contributed by atoms with E-state index in [1.807, 2.05) is 74.5 Å². The van der Waals surface area contributed by atoms with Gasteiger partial charge in [0.05, 0.1) is 25.5 Å². The van der Waals surface area contributed by atoms with Crippen LogP contribution >= 0.6 is 0 Å². The molecule has 0 heterocycles. The first-order valence-corrected chi connectivity index (χ1v) is 14.1. The highest BCUT2D eigenvalue weighted by Crippen LogP contribution is 2.21. The highest BCUT2D eigenvalue weighted by molar-refractivity contribution is 5.93. The van der Waals surface area contributed by atoms with Crippen molar-refractivity contribution in [1.82, 2.24) is 5.32 Å². The van der Waals surface area contributed by atoms with Crippen LogP contribution in [0.15, 0.2) is 60.7 Å². The Balaban J connectivity index is 2.20. The van der Waals surface area contributed by atoms with E-state index in [1.54, 1.807) is 20.8 Å². The van der Waals surface area contributed by atoms with Crippen molar-refractivity contribution in [3.63, 3.8) is 0 Å². The Labute approximate surface area is 239 Å². The molecule has 0 unspecified atom stereocenters. The van der Waals surface area contributed by atoms with Crippen molar-refractivity contribution >= 4 is 23.6 Å². The van der Waals surface area contributed by atoms with Crippen molar-refractivity contribution in [1.29, 1.82) is 0 Å². The van der Waals surface area contributed by atoms with Crippen LogP contribution < -0.4 is 5.32 Å². The summed E-state index contributed by atoms with van der Waals surface area (Å²) < 4.78 is 10.5. The molecule has 0 aliphatic rings. The van der Waals surface area contributed by atoms with E-state index in [-0.39, 0.29) is 30.4 Å². The number of Topliss-reactive ketones (excluding diaryl/α,β-unsaturated/α-hetero) is 1. The summed E-state index contributed by atoms with van der Waals surface area (Å²) in [6, 6.07) is 18.4. The fourth-order valence-electron chi connectivity index (χ4n) is 4.62. The van der Waals surface area contributed by atoms with Gasteiger partial charge in [0.2, 0.25) is 5.91 Å². The zero-order valence-corrected chi connectivity index (χ0v) is 24.8. The quantitative estimate of drug-likeness (QED) is 0.294. The highest BCUT2D eigenvalue weighted by Gasteiger charge is 2.32. The Morgan fingerprint density at radius 1 is 0.825 bits per heavy atom. The summed E-state index contributed by atoms with van der Waals surface area (Å²) in [4.78, 5) is 52.4. The van der Waals surface area contributed by atoms with Gasteiger partial charge in [-0.2, -0.15) is 0 Å². The fourth-order valence-corrected chi connectivity index (χ4v) is 4.62. The zero-order chi connectivity index (χ0) is 29.7. The number of rotatable bonds is 15. The molecule has 218 valence electrons. The molecule has 2 aromatic rings. The predicted molar refractivity (Wildman–Crippen MR) is 155 cm³/mol. The van der Waals surface area contributed by atoms with Gasteiger partial charge in [-0.25, -0.2) is 0 Å². The third-order valence-corrected chi connectivity index (χ3v) is 6.55. The molecule has 40 heavy (non-hydrogen) atoms. The van der Waals surface area contributed by atoms with Gasteiger partial charge in [-0.1, -0.05) is 74.5 Å². The molecule has 0 aliphatic carbocycles. The molecular weight excluding hydrogens is 506 g/mol. The highest BCUT2D eigenvalue weighted by atomic mass is 16.6. The lowest BCUT2D eigenvalue weighted by Crippen LogP contribution is -2.46. The van der Waals surface area contributed by atoms with Crippen LogP contribution in [0.2, 0.25) is 0 Å². The summed E-state index contributed by atoms with van der Waals surface area (Å²) in [5.41, 5.74) is 1.31. The largest absolute Gasteiger partial charge is 0.469 e. The third kappa shape index (κ3) is 12.1. The maximum Gasteiger partial charge on any atom is 0.309 e. The molecule has 0 aromatic heterocycles. The van der Waals surface area contributed by atoms with E-state index >= 15 is 0 Å². The molecule has 2 rings (SSSR count). The van der Waals surface area contributed by atoms with Crippen LogP contribution in [0, 0.1) is 17.8 Å². The zero-order valence-electron chi connectivity index (χ0n) is 24.8. The summed E-state index contributed by atoms with van der Waals surface area (Å²) in [6.07, 6.45) is 1.67. The summed E-state index contributed by atoms with van der Waals surface area (Å²) in [6.45, 7) is 9.31. The van der Waals surface area contributed by atoms with E-state index in [9.17, 15) is 19.2 Å². The number of benzene rings is 2. The molecule has 7 heteroatoms. The first-order chi connectivity index (χ1) is 18.9. The average Bonchev–Trinajstić information content (AvgIpc) is 2.89. The summed E-state index contributed by atoms with van der Waals surface area (Å²) in [5.74, 6) is -2.72. The van der Waals surface area contributed by atoms with Gasteiger partial charge in [0, 0.05) is 12.3 Å². The number of carbonyl (C=O) groups excluding carboxylic acids is 4. The number of hydrogen-bond acceptors (Lipinski definition) is 6. The third-order valence-electron chi connectivity index (χ3n) is 6.55. The van der Waals surface area contributed by atoms with Crippen LogP contribution in [0.1, 0.15) is 71.4 Å². The number of aryl methyl sites for hydroxylation is 1. The van der Waals surface area contributed by atoms with Crippen molar-refractivity contribution in [2.45, 2.75) is 84.8 Å². The van der Waals surface area contributed by atoms with E-state index < -0.39 is 35.4 Å². The van der Waals surface area contributed by atoms with Crippen molar-refractivity contribution < 1.29 is 28.7 Å². The van der Waals surface area contributed by atoms with Crippen molar-refractivity contribution in [3.05, 3.63) is 71.8 Å². The molecule has 0 saturated carbocycles. The van der Waals surface area contributed by atoms with Crippen LogP contribution in [0.4, 0.5) is 0 Å². The minimum atomic E-state index is -0.784. The molecule has 1 N–H and O–H groups in total. The molecular formula is C33H45NO6. The van der Waals surface area contributed by atoms with E-state index in [4.69, 9.17) is 9.47 Å². The molecule has 7 nitrogen and oxygen atoms in total. The second-order valence-corrected chi connectivity index (χ2v) is 11.8. The van der Waals surface area contributed by atoms with Gasteiger partial charge in [-0.15, -0.1) is 0 Å². The van der Waals surface area contributed by atoms with E-state index in [2.05, 4.69) is 5.32 Å². The van der Waals surface area contributed by atoms with Crippen LogP contribution in [0.25, 0.3) is 0 Å². The lowest BCUT2D eigenvalue weighted by molar-refractivity contribution is -0.157. The first kappa shape index (κ1) is 32.7. The Bertz CT molecular complexity index is 1090. The van der Waals surface area contributed by atoms with Gasteiger partial charge in [0.25, 0.3) is 0 Å². The monoisotopic (exact) mass is 551 g/mol. The molecule has 0 saturated heterocycles. The fraction of sp³-hybridized carbons (Fsp3) is 0.515. The summed E-state index contributed by atoms with van der Waals surface area (Å²) in [7, 11) is 1.31. The SMILES string of the molecule is COC(=O)[C@@H](CC(=O)[C@H](CC(C)C)NC(=O)[C@H](CCc1ccccc1)CC(=O)OC(C)(C)C)Cc1ccccc1. The number of methoxy groups -OCH3 is 1. The molecule has 1 amide bonds. The van der Waals surface area contributed by atoms with E-state index in [1.165, 1.54) is 7.11 Å². The number of esters is 2. The second kappa shape index (κ2) is 15.9. The Kier molecular flexibility index (Phi) is 13.0. The van der Waals surface area contributed by atoms with Gasteiger partial charge in [-0.3, -0.25) is 19.2 Å². The van der Waals surface area contributed by atoms with Crippen LogP contribution in [-0.4, -0.2) is 42.4 Å². The van der Waals surface area contributed by atoms with Crippen LogP contribution in [0.5, 0.6) is 0 Å². The first-order valence-electron chi connectivity index (χ1n) is 14.1. The van der Waals surface area contributed by atoms with Crippen molar-refractivity contribution in [2.75, 3.05) is 7.11 Å². The number of ketones is 1. The standard InChI is InChI=1S/C33H45NO6/c1-23(2)19-28(29(35)21-27(32(38)39-6)20-25-15-11-8-12-16-25)34-31(37)26(22-30(36)40-33(3,4)5)18-17-24-13-9-7-10-14-24/h7-16,23,26-28H,17-22H2,1-6H3,(H,34,37)/t26-,27-,28+/m1/s1. The minimum Gasteiger partial charge on any atom is -0.469 e. The van der Waals surface area contributed by atoms with Gasteiger partial charge >= 0.3 is 11.9 Å². The smallest absolute Gasteiger partial charge is 0.309 e. The Hall–Kier alpha value is -3.48. The number of hydrogen-bond donors (Lipinski definition) is 1. The van der Waals surface area contributed by atoms with Gasteiger partial charge < -0.3 is 14.8 Å². The Morgan fingerprint density at radius 3 is 1.93 bits per heavy atom. The molecule has 2 aromatic carbocycles. The second-order valence-electron chi connectivity index (χ2n) is 11.8. The molecule has 0 spiro atoms. The van der Waals surface area contributed by atoms with E-state index in [0.717, 1.165) is 11.1 Å². The topological polar surface area (TPSA) is 98.8 Å². The molecule has 0 fully saturated rings. The maximum atomic E-state index is 13.6. The average molecular weight is 552 g/mol. The van der Waals surface area contributed by atoms with Gasteiger partial charge in [0.15, 0.2) is 5.78 Å². The van der Waals surface area contributed by atoms with Crippen LogP contribution in [0.3, 0.4) is 0 Å².